The lowest BCUT2D eigenvalue weighted by atomic mass is 9.96. The van der Waals surface area contributed by atoms with Gasteiger partial charge in [0.05, 0.1) is 24.7 Å². The van der Waals surface area contributed by atoms with Gasteiger partial charge in [-0.15, -0.1) is 0 Å². The Morgan fingerprint density at radius 1 is 0.833 bits per heavy atom. The zero-order valence-corrected chi connectivity index (χ0v) is 28.6. The Morgan fingerprint density at radius 3 is 1.64 bits per heavy atom. The van der Waals surface area contributed by atoms with Crippen LogP contribution in [0.3, 0.4) is 0 Å². The van der Waals surface area contributed by atoms with Crippen molar-refractivity contribution < 1.29 is 25.8 Å². The van der Waals surface area contributed by atoms with E-state index in [2.05, 4.69) is 130 Å². The van der Waals surface area contributed by atoms with Gasteiger partial charge in [0.15, 0.2) is 0 Å². The van der Waals surface area contributed by atoms with Gasteiger partial charge < -0.3 is 9.55 Å². The number of nitrogens with one attached hydrogen (secondary N) is 1. The summed E-state index contributed by atoms with van der Waals surface area (Å²) < 4.78 is 60.1. The van der Waals surface area contributed by atoms with Gasteiger partial charge in [0, 0.05) is 38.6 Å². The molecule has 0 atom stereocenters. The predicted octanol–water partition coefficient (Wildman–Crippen LogP) is 8.77. The highest BCUT2D eigenvalue weighted by molar-refractivity contribution is 9.10. The largest absolute Gasteiger partial charge is 0.523 e. The van der Waals surface area contributed by atoms with Crippen LogP contribution in [-0.4, -0.2) is 40.6 Å². The second-order valence-electron chi connectivity index (χ2n) is 11.3. The number of imidazole rings is 2. The Kier molecular flexibility index (Phi) is 11.8. The Bertz CT molecular complexity index is 1550. The Morgan fingerprint density at radius 2 is 1.31 bits per heavy atom. The van der Waals surface area contributed by atoms with Crippen LogP contribution in [0.2, 0.25) is 0 Å². The first kappa shape index (κ1) is 35.7. The first-order chi connectivity index (χ1) is 19.2. The van der Waals surface area contributed by atoms with Crippen molar-refractivity contribution in [3.05, 3.63) is 81.5 Å². The molecule has 2 aromatic carbocycles. The zero-order valence-electron chi connectivity index (χ0n) is 24.6. The van der Waals surface area contributed by atoms with Gasteiger partial charge in [-0.3, -0.25) is 4.18 Å². The van der Waals surface area contributed by atoms with Gasteiger partial charge in [0.1, 0.15) is 11.6 Å². The van der Waals surface area contributed by atoms with Gasteiger partial charge >= 0.3 is 15.6 Å². The molecular formula is C29H35Br2F3N4O3S. The molecule has 2 aromatic heterocycles. The SMILES string of the molecule is CC(C)(C)c1ncc(-c2ccc(Br)cc2)[nH]1.COS(=O)(=O)C(F)(F)F.Cn1cc(-c2ccc(Br)cc2)nc1C(C)(C)C. The first-order valence-corrected chi connectivity index (χ1v) is 15.6. The van der Waals surface area contributed by atoms with E-state index in [1.54, 1.807) is 0 Å². The minimum atomic E-state index is -5.34. The lowest BCUT2D eigenvalue weighted by Gasteiger charge is -2.17. The fourth-order valence-electron chi connectivity index (χ4n) is 3.50. The van der Waals surface area contributed by atoms with Crippen molar-refractivity contribution in [2.45, 2.75) is 57.9 Å². The van der Waals surface area contributed by atoms with Crippen molar-refractivity contribution in [2.24, 2.45) is 7.05 Å². The van der Waals surface area contributed by atoms with E-state index in [0.29, 0.717) is 7.11 Å². The average molecular weight is 736 g/mol. The second-order valence-corrected chi connectivity index (χ2v) is 14.8. The van der Waals surface area contributed by atoms with E-state index in [9.17, 15) is 21.6 Å². The number of nitrogens with zero attached hydrogens (tertiary/aromatic N) is 3. The molecule has 0 aliphatic carbocycles. The van der Waals surface area contributed by atoms with E-state index < -0.39 is 15.6 Å². The number of H-pyrrole nitrogens is 1. The first-order valence-electron chi connectivity index (χ1n) is 12.6. The number of aromatic amines is 1. The normalized spacial score (nSPS) is 12.2. The summed E-state index contributed by atoms with van der Waals surface area (Å²) in [5.74, 6) is 2.13. The molecule has 4 rings (SSSR count). The number of alkyl halides is 3. The van der Waals surface area contributed by atoms with Crippen LogP contribution in [0.4, 0.5) is 13.2 Å². The summed E-state index contributed by atoms with van der Waals surface area (Å²) in [5, 5.41) is 0. The Balaban J connectivity index is 0.000000232. The average Bonchev–Trinajstić information content (AvgIpc) is 3.53. The Labute approximate surface area is 262 Å². The molecule has 0 spiro atoms. The summed E-state index contributed by atoms with van der Waals surface area (Å²) in [6, 6.07) is 16.5. The zero-order chi connectivity index (χ0) is 32.1. The molecule has 0 fully saturated rings. The van der Waals surface area contributed by atoms with Gasteiger partial charge in [0.25, 0.3) is 0 Å². The highest BCUT2D eigenvalue weighted by atomic mass is 79.9. The lowest BCUT2D eigenvalue weighted by molar-refractivity contribution is -0.0526. The van der Waals surface area contributed by atoms with Crippen molar-refractivity contribution in [3.63, 3.8) is 0 Å². The van der Waals surface area contributed by atoms with Crippen molar-refractivity contribution in [2.75, 3.05) is 7.11 Å². The standard InChI is InChI=1S/C14H17BrN2.C13H15BrN2.C2H3F3O3S/c1-14(2,3)13-16-12(9-17(13)4)10-5-7-11(15)8-6-10;1-13(2,3)12-15-8-11(16-12)9-4-6-10(14)7-5-9;1-8-9(6,7)2(3,4)5/h5-9H,1-4H3;4-8H,1-3H3,(H,15,16);1H3. The topological polar surface area (TPSA) is 89.9 Å². The van der Waals surface area contributed by atoms with Gasteiger partial charge in [-0.2, -0.15) is 21.6 Å². The van der Waals surface area contributed by atoms with E-state index in [0.717, 1.165) is 43.1 Å². The minimum absolute atomic E-state index is 0.0631. The van der Waals surface area contributed by atoms with Crippen LogP contribution in [0.5, 0.6) is 0 Å². The van der Waals surface area contributed by atoms with Crippen molar-refractivity contribution in [1.82, 2.24) is 19.5 Å². The van der Waals surface area contributed by atoms with E-state index in [4.69, 9.17) is 4.98 Å². The number of aromatic nitrogens is 4. The number of aryl methyl sites for hydroxylation is 1. The van der Waals surface area contributed by atoms with E-state index in [1.807, 2.05) is 30.5 Å². The van der Waals surface area contributed by atoms with Crippen LogP contribution < -0.4 is 0 Å². The highest BCUT2D eigenvalue weighted by Crippen LogP contribution is 2.27. The monoisotopic (exact) mass is 734 g/mol. The number of rotatable bonds is 3. The molecule has 0 unspecified atom stereocenters. The highest BCUT2D eigenvalue weighted by Gasteiger charge is 2.46. The molecular weight excluding hydrogens is 701 g/mol. The number of hydrogen-bond acceptors (Lipinski definition) is 5. The maximum atomic E-state index is 11.1. The maximum Gasteiger partial charge on any atom is 0.523 e. The summed E-state index contributed by atoms with van der Waals surface area (Å²) in [6.07, 6.45) is 3.98. The summed E-state index contributed by atoms with van der Waals surface area (Å²) in [4.78, 5) is 12.5. The van der Waals surface area contributed by atoms with Crippen LogP contribution in [0.1, 0.15) is 53.2 Å². The molecule has 13 heteroatoms. The molecule has 230 valence electrons. The number of halogens is 5. The fraction of sp³-hybridized carbons (Fsp3) is 0.379. The van der Waals surface area contributed by atoms with Crippen LogP contribution in [0.25, 0.3) is 22.5 Å². The molecule has 2 heterocycles. The summed E-state index contributed by atoms with van der Waals surface area (Å²) in [6.45, 7) is 13.0. The van der Waals surface area contributed by atoms with E-state index >= 15 is 0 Å². The van der Waals surface area contributed by atoms with Gasteiger partial charge in [-0.1, -0.05) is 97.7 Å². The number of benzene rings is 2. The summed E-state index contributed by atoms with van der Waals surface area (Å²) >= 11 is 6.87. The predicted molar refractivity (Wildman–Crippen MR) is 167 cm³/mol. The van der Waals surface area contributed by atoms with Crippen molar-refractivity contribution in [1.29, 1.82) is 0 Å². The van der Waals surface area contributed by atoms with Crippen LogP contribution in [0.15, 0.2) is 69.9 Å². The Hall–Kier alpha value is -2.48. The molecule has 0 amide bonds. The van der Waals surface area contributed by atoms with Crippen LogP contribution >= 0.6 is 31.9 Å². The molecule has 0 bridgehead atoms. The second kappa shape index (κ2) is 13.9. The smallest absolute Gasteiger partial charge is 0.342 e. The van der Waals surface area contributed by atoms with Gasteiger partial charge in [-0.25, -0.2) is 9.97 Å². The molecule has 4 aromatic rings. The molecule has 0 aliphatic rings. The van der Waals surface area contributed by atoms with Gasteiger partial charge in [0.2, 0.25) is 0 Å². The third kappa shape index (κ3) is 10.1. The molecule has 0 saturated heterocycles. The molecule has 42 heavy (non-hydrogen) atoms. The van der Waals surface area contributed by atoms with Crippen molar-refractivity contribution >= 4 is 42.0 Å². The summed E-state index contributed by atoms with van der Waals surface area (Å²) in [5.41, 5.74) is -0.759. The van der Waals surface area contributed by atoms with Crippen molar-refractivity contribution in [3.8, 4) is 22.5 Å². The van der Waals surface area contributed by atoms with Crippen LogP contribution in [-0.2, 0) is 32.2 Å². The van der Waals surface area contributed by atoms with Crippen LogP contribution in [0, 0.1) is 0 Å². The molecule has 7 nitrogen and oxygen atoms in total. The third-order valence-corrected chi connectivity index (χ3v) is 7.69. The van der Waals surface area contributed by atoms with Gasteiger partial charge in [-0.05, 0) is 29.8 Å². The number of hydrogen-bond donors (Lipinski definition) is 1. The molecule has 0 radical (unpaired) electrons. The quantitative estimate of drug-likeness (QED) is 0.168. The fourth-order valence-corrected chi connectivity index (χ4v) is 4.21. The van der Waals surface area contributed by atoms with E-state index in [1.165, 1.54) is 0 Å². The molecule has 1 N–H and O–H groups in total. The third-order valence-electron chi connectivity index (χ3n) is 5.63. The molecule has 0 saturated carbocycles. The van der Waals surface area contributed by atoms with E-state index in [-0.39, 0.29) is 10.8 Å². The summed E-state index contributed by atoms with van der Waals surface area (Å²) in [7, 11) is -2.84. The maximum absolute atomic E-state index is 11.1. The molecule has 0 aliphatic heterocycles. The lowest BCUT2D eigenvalue weighted by Crippen LogP contribution is -2.23. The minimum Gasteiger partial charge on any atom is -0.342 e.